The predicted octanol–water partition coefficient (Wildman–Crippen LogP) is 6.23. The summed E-state index contributed by atoms with van der Waals surface area (Å²) in [4.78, 5) is 14.4. The first-order valence-electron chi connectivity index (χ1n) is 9.08. The first-order valence-corrected chi connectivity index (χ1v) is 10.3. The van der Waals surface area contributed by atoms with E-state index in [1.807, 2.05) is 65.6 Å². The van der Waals surface area contributed by atoms with Crippen molar-refractivity contribution >= 4 is 44.2 Å². The Kier molecular flexibility index (Phi) is 4.57. The van der Waals surface area contributed by atoms with Crippen molar-refractivity contribution in [2.45, 2.75) is 6.54 Å². The molecule has 0 radical (unpaired) electrons. The van der Waals surface area contributed by atoms with Crippen LogP contribution in [-0.4, -0.2) is 6.73 Å². The van der Waals surface area contributed by atoms with E-state index < -0.39 is 0 Å². The molecule has 6 heteroatoms. The van der Waals surface area contributed by atoms with Gasteiger partial charge < -0.3 is 14.1 Å². The maximum Gasteiger partial charge on any atom is 0.336 e. The molecule has 4 nitrogen and oxygen atoms in total. The largest absolute Gasteiger partial charge is 0.473 e. The van der Waals surface area contributed by atoms with Crippen molar-refractivity contribution in [3.8, 4) is 16.9 Å². The molecule has 144 valence electrons. The van der Waals surface area contributed by atoms with E-state index in [4.69, 9.17) is 20.8 Å². The third-order valence-electron chi connectivity index (χ3n) is 5.03. The smallest absolute Gasteiger partial charge is 0.336 e. The zero-order valence-electron chi connectivity index (χ0n) is 15.2. The van der Waals surface area contributed by atoms with E-state index in [1.165, 1.54) is 6.07 Å². The van der Waals surface area contributed by atoms with Gasteiger partial charge in [0.2, 0.25) is 0 Å². The van der Waals surface area contributed by atoms with Crippen LogP contribution < -0.4 is 15.3 Å². The number of rotatable bonds is 2. The van der Waals surface area contributed by atoms with Gasteiger partial charge in [-0.2, -0.15) is 0 Å². The lowest BCUT2D eigenvalue weighted by Crippen LogP contribution is -2.32. The van der Waals surface area contributed by atoms with Gasteiger partial charge in [-0.15, -0.1) is 0 Å². The maximum absolute atomic E-state index is 12.4. The van der Waals surface area contributed by atoms with Crippen molar-refractivity contribution in [2.24, 2.45) is 0 Å². The van der Waals surface area contributed by atoms with Crippen LogP contribution in [0.4, 0.5) is 5.69 Å². The number of ether oxygens (including phenoxy) is 1. The van der Waals surface area contributed by atoms with Crippen LogP contribution in [0.3, 0.4) is 0 Å². The second-order valence-corrected chi connectivity index (χ2v) is 8.15. The Morgan fingerprint density at radius 1 is 1.00 bits per heavy atom. The van der Waals surface area contributed by atoms with E-state index in [0.29, 0.717) is 23.9 Å². The van der Waals surface area contributed by atoms with Gasteiger partial charge in [-0.05, 0) is 41.5 Å². The van der Waals surface area contributed by atoms with Gasteiger partial charge in [-0.1, -0.05) is 57.9 Å². The summed E-state index contributed by atoms with van der Waals surface area (Å²) in [5, 5.41) is 1.50. The summed E-state index contributed by atoms with van der Waals surface area (Å²) in [6, 6.07) is 21.0. The van der Waals surface area contributed by atoms with Gasteiger partial charge in [0, 0.05) is 15.9 Å². The molecule has 0 atom stereocenters. The maximum atomic E-state index is 12.4. The Bertz CT molecular complexity index is 1290. The summed E-state index contributed by atoms with van der Waals surface area (Å²) < 4.78 is 12.5. The molecule has 0 bridgehead atoms. The number of halogens is 2. The normalized spacial score (nSPS) is 13.2. The molecule has 2 heterocycles. The van der Waals surface area contributed by atoms with Crippen LogP contribution in [0, 0.1) is 0 Å². The number of hydrogen-bond donors (Lipinski definition) is 0. The molecule has 0 aliphatic carbocycles. The van der Waals surface area contributed by atoms with Crippen LogP contribution >= 0.6 is 27.5 Å². The summed E-state index contributed by atoms with van der Waals surface area (Å²) in [5.74, 6) is 0.718. The number of benzene rings is 3. The lowest BCUT2D eigenvalue weighted by molar-refractivity contribution is 0.289. The second kappa shape index (κ2) is 7.25. The quantitative estimate of drug-likeness (QED) is 0.327. The van der Waals surface area contributed by atoms with Crippen LogP contribution in [-0.2, 0) is 6.54 Å². The molecular weight excluding hydrogens is 454 g/mol. The Hall–Kier alpha value is -2.76. The molecule has 4 aromatic rings. The standard InChI is InChI=1S/C23H15BrClNO3/c24-15-6-8-20(19(25)10-15)26-12-18-21(28-13-26)9-7-16-17(11-22(27)29-23(16)18)14-4-2-1-3-5-14/h1-11H,12-13H2. The monoisotopic (exact) mass is 467 g/mol. The lowest BCUT2D eigenvalue weighted by atomic mass is 9.99. The molecule has 1 aliphatic rings. The highest BCUT2D eigenvalue weighted by Gasteiger charge is 2.24. The Labute approximate surface area is 180 Å². The molecule has 0 fully saturated rings. The van der Waals surface area contributed by atoms with Crippen LogP contribution in [0.5, 0.6) is 5.75 Å². The summed E-state index contributed by atoms with van der Waals surface area (Å²) in [6.45, 7) is 0.887. The third kappa shape index (κ3) is 3.30. The highest BCUT2D eigenvalue weighted by molar-refractivity contribution is 9.10. The van der Waals surface area contributed by atoms with Crippen molar-refractivity contribution in [1.82, 2.24) is 0 Å². The molecule has 1 aliphatic heterocycles. The van der Waals surface area contributed by atoms with E-state index in [9.17, 15) is 4.79 Å². The zero-order chi connectivity index (χ0) is 20.0. The van der Waals surface area contributed by atoms with Crippen molar-refractivity contribution in [2.75, 3.05) is 11.6 Å². The fourth-order valence-electron chi connectivity index (χ4n) is 3.68. The van der Waals surface area contributed by atoms with Crippen LogP contribution in [0.25, 0.3) is 22.1 Å². The van der Waals surface area contributed by atoms with E-state index >= 15 is 0 Å². The highest BCUT2D eigenvalue weighted by atomic mass is 79.9. The average Bonchev–Trinajstić information content (AvgIpc) is 2.73. The fourth-order valence-corrected chi connectivity index (χ4v) is 4.47. The van der Waals surface area contributed by atoms with Gasteiger partial charge in [-0.3, -0.25) is 0 Å². The van der Waals surface area contributed by atoms with E-state index in [1.54, 1.807) is 0 Å². The molecule has 0 N–H and O–H groups in total. The number of anilines is 1. The zero-order valence-corrected chi connectivity index (χ0v) is 17.5. The molecule has 0 spiro atoms. The first-order chi connectivity index (χ1) is 14.1. The van der Waals surface area contributed by atoms with Crippen LogP contribution in [0.15, 0.2) is 80.4 Å². The second-order valence-electron chi connectivity index (χ2n) is 6.83. The third-order valence-corrected chi connectivity index (χ3v) is 5.83. The van der Waals surface area contributed by atoms with Gasteiger partial charge in [0.05, 0.1) is 22.8 Å². The van der Waals surface area contributed by atoms with Crippen LogP contribution in [0.1, 0.15) is 5.56 Å². The molecule has 0 amide bonds. The average molecular weight is 469 g/mol. The predicted molar refractivity (Wildman–Crippen MR) is 119 cm³/mol. The van der Waals surface area contributed by atoms with Crippen molar-refractivity contribution in [3.05, 3.63) is 92.2 Å². The molecule has 29 heavy (non-hydrogen) atoms. The SMILES string of the molecule is O=c1cc(-c2ccccc2)c2ccc3c(c2o1)CN(c1ccc(Br)cc1Cl)CO3. The summed E-state index contributed by atoms with van der Waals surface area (Å²) >= 11 is 9.87. The molecule has 5 rings (SSSR count). The van der Waals surface area contributed by atoms with E-state index in [2.05, 4.69) is 15.9 Å². The van der Waals surface area contributed by atoms with Gasteiger partial charge in [0.25, 0.3) is 0 Å². The molecule has 3 aromatic carbocycles. The minimum atomic E-state index is -0.386. The summed E-state index contributed by atoms with van der Waals surface area (Å²) in [7, 11) is 0. The fraction of sp³-hybridized carbons (Fsp3) is 0.0870. The molecule has 0 saturated heterocycles. The topological polar surface area (TPSA) is 42.7 Å². The number of fused-ring (bicyclic) bond motifs is 3. The Morgan fingerprint density at radius 2 is 1.83 bits per heavy atom. The molecule has 0 unspecified atom stereocenters. The van der Waals surface area contributed by atoms with Gasteiger partial charge >= 0.3 is 5.63 Å². The van der Waals surface area contributed by atoms with Gasteiger partial charge in [-0.25, -0.2) is 4.79 Å². The van der Waals surface area contributed by atoms with Crippen molar-refractivity contribution < 1.29 is 9.15 Å². The summed E-state index contributed by atoms with van der Waals surface area (Å²) in [5.41, 5.74) is 3.67. The Balaban J connectivity index is 1.66. The van der Waals surface area contributed by atoms with Gasteiger partial charge in [0.15, 0.2) is 6.73 Å². The summed E-state index contributed by atoms with van der Waals surface area (Å²) in [6.07, 6.45) is 0. The minimum Gasteiger partial charge on any atom is -0.473 e. The minimum absolute atomic E-state index is 0.364. The first kappa shape index (κ1) is 18.3. The highest BCUT2D eigenvalue weighted by Crippen LogP contribution is 2.38. The van der Waals surface area contributed by atoms with Crippen molar-refractivity contribution in [1.29, 1.82) is 0 Å². The molecule has 0 saturated carbocycles. The van der Waals surface area contributed by atoms with E-state index in [-0.39, 0.29) is 5.63 Å². The van der Waals surface area contributed by atoms with E-state index in [0.717, 1.165) is 38.0 Å². The molecule has 1 aromatic heterocycles. The number of hydrogen-bond acceptors (Lipinski definition) is 4. The van der Waals surface area contributed by atoms with Gasteiger partial charge in [0.1, 0.15) is 11.3 Å². The van der Waals surface area contributed by atoms with Crippen LogP contribution in [0.2, 0.25) is 5.02 Å². The van der Waals surface area contributed by atoms with Crippen molar-refractivity contribution in [3.63, 3.8) is 0 Å². The molecular formula is C23H15BrClNO3. The Morgan fingerprint density at radius 3 is 2.62 bits per heavy atom. The number of nitrogens with zero attached hydrogens (tertiary/aromatic N) is 1. The lowest BCUT2D eigenvalue weighted by Gasteiger charge is -2.31.